The highest BCUT2D eigenvalue weighted by Crippen LogP contribution is 2.44. The molecule has 0 unspecified atom stereocenters. The molecule has 1 saturated carbocycles. The highest BCUT2D eigenvalue weighted by atomic mass is 32.2. The number of hydrogen-bond acceptors (Lipinski definition) is 4. The quantitative estimate of drug-likeness (QED) is 0.451. The molecule has 1 amide bonds. The number of carbonyl (C=O) groups excluding carboxylic acids is 2. The van der Waals surface area contributed by atoms with Gasteiger partial charge in [0.1, 0.15) is 0 Å². The molecule has 1 fully saturated rings. The van der Waals surface area contributed by atoms with E-state index in [0.29, 0.717) is 18.1 Å². The van der Waals surface area contributed by atoms with Crippen LogP contribution in [0.2, 0.25) is 0 Å². The highest BCUT2D eigenvalue weighted by molar-refractivity contribution is 7.94. The van der Waals surface area contributed by atoms with Gasteiger partial charge in [0, 0.05) is 17.5 Å². The summed E-state index contributed by atoms with van der Waals surface area (Å²) in [7, 11) is 0. The molecule has 0 bridgehead atoms. The van der Waals surface area contributed by atoms with Crippen LogP contribution in [0.15, 0.2) is 24.3 Å². The zero-order chi connectivity index (χ0) is 20.4. The number of amides is 1. The molecule has 0 heterocycles. The molecule has 0 saturated heterocycles. The molecular formula is C23H35NO3S. The lowest BCUT2D eigenvalue weighted by Gasteiger charge is -2.38. The Morgan fingerprint density at radius 1 is 1.11 bits per heavy atom. The fourth-order valence-electron chi connectivity index (χ4n) is 4.12. The zero-order valence-corrected chi connectivity index (χ0v) is 18.4. The second kappa shape index (κ2) is 11.5. The van der Waals surface area contributed by atoms with E-state index in [4.69, 9.17) is 4.18 Å². The summed E-state index contributed by atoms with van der Waals surface area (Å²) in [6, 6.07) is 7.82. The summed E-state index contributed by atoms with van der Waals surface area (Å²) in [6.45, 7) is 6.24. The molecule has 0 aromatic heterocycles. The minimum atomic E-state index is -0.246. The number of rotatable bonds is 10. The normalized spacial score (nSPS) is 16.0. The Kier molecular flexibility index (Phi) is 9.36. The van der Waals surface area contributed by atoms with Crippen LogP contribution in [0.4, 0.5) is 5.69 Å². The van der Waals surface area contributed by atoms with Crippen molar-refractivity contribution in [1.29, 1.82) is 0 Å². The van der Waals surface area contributed by atoms with E-state index < -0.39 is 0 Å². The van der Waals surface area contributed by atoms with Crippen molar-refractivity contribution in [2.24, 2.45) is 11.3 Å². The fourth-order valence-corrected chi connectivity index (χ4v) is 4.81. The Hall–Kier alpha value is -1.49. The van der Waals surface area contributed by atoms with Gasteiger partial charge >= 0.3 is 5.97 Å². The molecule has 1 N–H and O–H groups in total. The molecule has 28 heavy (non-hydrogen) atoms. The van der Waals surface area contributed by atoms with Crippen LogP contribution in [0.5, 0.6) is 0 Å². The molecular weight excluding hydrogens is 370 g/mol. The smallest absolute Gasteiger partial charge is 0.317 e. The van der Waals surface area contributed by atoms with Crippen molar-refractivity contribution in [3.8, 4) is 0 Å². The molecule has 156 valence electrons. The highest BCUT2D eigenvalue weighted by Gasteiger charge is 2.40. The molecule has 2 rings (SSSR count). The third kappa shape index (κ3) is 6.26. The minimum Gasteiger partial charge on any atom is -0.391 e. The molecule has 1 aliphatic carbocycles. The number of anilines is 1. The summed E-state index contributed by atoms with van der Waals surface area (Å²) in [5.74, 6) is 1.07. The van der Waals surface area contributed by atoms with Gasteiger partial charge in [-0.25, -0.2) is 0 Å². The summed E-state index contributed by atoms with van der Waals surface area (Å²) in [5.41, 5.74) is 1.57. The Labute approximate surface area is 174 Å². The van der Waals surface area contributed by atoms with Gasteiger partial charge in [0.05, 0.1) is 17.8 Å². The molecule has 0 radical (unpaired) electrons. The lowest BCUT2D eigenvalue weighted by atomic mass is 9.67. The zero-order valence-electron chi connectivity index (χ0n) is 17.6. The SMILES string of the molecule is CCC(=O)OSCc1ccccc1NC(=O)C1(CC(CC)CC)CCCCC1. The largest absolute Gasteiger partial charge is 0.391 e. The second-order valence-electron chi connectivity index (χ2n) is 7.91. The van der Waals surface area contributed by atoms with Gasteiger partial charge in [-0.1, -0.05) is 71.1 Å². The second-order valence-corrected chi connectivity index (χ2v) is 8.60. The van der Waals surface area contributed by atoms with Crippen LogP contribution in [0.1, 0.15) is 84.1 Å². The molecule has 0 aliphatic heterocycles. The third-order valence-electron chi connectivity index (χ3n) is 6.05. The topological polar surface area (TPSA) is 55.4 Å². The first-order valence-electron chi connectivity index (χ1n) is 10.8. The van der Waals surface area contributed by atoms with Gasteiger partial charge in [0.25, 0.3) is 0 Å². The lowest BCUT2D eigenvalue weighted by Crippen LogP contribution is -2.39. The van der Waals surface area contributed by atoms with Crippen molar-refractivity contribution in [1.82, 2.24) is 0 Å². The average molecular weight is 406 g/mol. The van der Waals surface area contributed by atoms with E-state index in [-0.39, 0.29) is 17.3 Å². The maximum Gasteiger partial charge on any atom is 0.317 e. The van der Waals surface area contributed by atoms with Crippen LogP contribution in [-0.2, 0) is 19.5 Å². The van der Waals surface area contributed by atoms with Gasteiger partial charge in [-0.15, -0.1) is 0 Å². The van der Waals surface area contributed by atoms with Crippen molar-refractivity contribution in [3.63, 3.8) is 0 Å². The Morgan fingerprint density at radius 2 is 1.79 bits per heavy atom. The van der Waals surface area contributed by atoms with Gasteiger partial charge in [0.15, 0.2) is 0 Å². The molecule has 1 aliphatic rings. The van der Waals surface area contributed by atoms with Crippen LogP contribution in [0.3, 0.4) is 0 Å². The lowest BCUT2D eigenvalue weighted by molar-refractivity contribution is -0.132. The van der Waals surface area contributed by atoms with Gasteiger partial charge in [0.2, 0.25) is 5.91 Å². The van der Waals surface area contributed by atoms with Crippen LogP contribution in [-0.4, -0.2) is 11.9 Å². The van der Waals surface area contributed by atoms with E-state index in [1.807, 2.05) is 24.3 Å². The summed E-state index contributed by atoms with van der Waals surface area (Å²) < 4.78 is 5.14. The minimum absolute atomic E-state index is 0.169. The van der Waals surface area contributed by atoms with Gasteiger partial charge in [-0.2, -0.15) is 0 Å². The standard InChI is InChI=1S/C23H35NO3S/c1-4-18(5-2)16-23(14-10-7-11-15-23)22(26)24-20-13-9-8-12-19(20)17-28-27-21(25)6-3/h8-9,12-13,18H,4-7,10-11,14-17H2,1-3H3,(H,24,26). The Morgan fingerprint density at radius 3 is 2.43 bits per heavy atom. The summed E-state index contributed by atoms with van der Waals surface area (Å²) in [4.78, 5) is 24.8. The van der Waals surface area contributed by atoms with Crippen molar-refractivity contribution >= 4 is 29.6 Å². The number of hydrogen-bond donors (Lipinski definition) is 1. The number of benzene rings is 1. The Bertz CT molecular complexity index is 636. The van der Waals surface area contributed by atoms with E-state index in [1.165, 1.54) is 6.42 Å². The van der Waals surface area contributed by atoms with E-state index in [2.05, 4.69) is 19.2 Å². The molecule has 4 nitrogen and oxygen atoms in total. The first kappa shape index (κ1) is 22.8. The number of para-hydroxylation sites is 1. The first-order chi connectivity index (χ1) is 13.5. The Balaban J connectivity index is 2.11. The molecule has 1 aromatic rings. The predicted octanol–water partition coefficient (Wildman–Crippen LogP) is 6.50. The molecule has 0 atom stereocenters. The monoisotopic (exact) mass is 405 g/mol. The fraction of sp³-hybridized carbons (Fsp3) is 0.652. The van der Waals surface area contributed by atoms with E-state index in [1.54, 1.807) is 6.92 Å². The van der Waals surface area contributed by atoms with Crippen molar-refractivity contribution in [2.75, 3.05) is 5.32 Å². The van der Waals surface area contributed by atoms with E-state index in [0.717, 1.165) is 68.2 Å². The van der Waals surface area contributed by atoms with E-state index in [9.17, 15) is 9.59 Å². The number of carbonyl (C=O) groups is 2. The van der Waals surface area contributed by atoms with Crippen LogP contribution in [0, 0.1) is 11.3 Å². The van der Waals surface area contributed by atoms with Crippen molar-refractivity contribution in [2.45, 2.75) is 84.3 Å². The summed E-state index contributed by atoms with van der Waals surface area (Å²) in [5, 5.41) is 3.23. The van der Waals surface area contributed by atoms with Crippen LogP contribution < -0.4 is 5.32 Å². The average Bonchev–Trinajstić information content (AvgIpc) is 2.73. The van der Waals surface area contributed by atoms with Crippen LogP contribution in [0.25, 0.3) is 0 Å². The predicted molar refractivity (Wildman–Crippen MR) is 117 cm³/mol. The van der Waals surface area contributed by atoms with Gasteiger partial charge < -0.3 is 9.50 Å². The van der Waals surface area contributed by atoms with Gasteiger partial charge in [-0.05, 0) is 36.8 Å². The van der Waals surface area contributed by atoms with Gasteiger partial charge in [-0.3, -0.25) is 9.59 Å². The molecule has 1 aromatic carbocycles. The maximum atomic E-state index is 13.4. The maximum absolute atomic E-state index is 13.4. The van der Waals surface area contributed by atoms with Crippen LogP contribution >= 0.6 is 12.0 Å². The molecule has 5 heteroatoms. The third-order valence-corrected chi connectivity index (χ3v) is 6.78. The van der Waals surface area contributed by atoms with Crippen molar-refractivity contribution < 1.29 is 13.8 Å². The summed E-state index contributed by atoms with van der Waals surface area (Å²) in [6.07, 6.45) is 9.08. The summed E-state index contributed by atoms with van der Waals surface area (Å²) >= 11 is 1.13. The van der Waals surface area contributed by atoms with Crippen molar-refractivity contribution in [3.05, 3.63) is 29.8 Å². The number of nitrogens with one attached hydrogen (secondary N) is 1. The van der Waals surface area contributed by atoms with E-state index >= 15 is 0 Å². The molecule has 0 spiro atoms. The first-order valence-corrected chi connectivity index (χ1v) is 11.7.